The molecule has 2 aromatic carbocycles. The molecule has 1 aliphatic heterocycles. The van der Waals surface area contributed by atoms with Crippen LogP contribution in [0.2, 0.25) is 0 Å². The minimum absolute atomic E-state index is 0. The first-order valence-corrected chi connectivity index (χ1v) is 9.63. The molecule has 147 valence electrons. The molecule has 5 heteroatoms. The molecule has 3 rings (SSSR count). The third-order valence-electron chi connectivity index (χ3n) is 3.07. The summed E-state index contributed by atoms with van der Waals surface area (Å²) in [6, 6.07) is 25.0. The predicted molar refractivity (Wildman–Crippen MR) is 111 cm³/mol. The van der Waals surface area contributed by atoms with Crippen molar-refractivity contribution < 1.29 is 41.1 Å². The van der Waals surface area contributed by atoms with Crippen LogP contribution < -0.4 is 0 Å². The number of hydrogen-bond acceptors (Lipinski definition) is 3. The fourth-order valence-corrected chi connectivity index (χ4v) is 6.54. The maximum Gasteiger partial charge on any atom is 3.00 e. The van der Waals surface area contributed by atoms with Crippen LogP contribution in [-0.2, 0) is 36.0 Å². The molecule has 1 radical (unpaired) electrons. The second-order valence-electron chi connectivity index (χ2n) is 7.55. The zero-order valence-corrected chi connectivity index (χ0v) is 20.8. The summed E-state index contributed by atoms with van der Waals surface area (Å²) in [5.41, 5.74) is -1.30. The van der Waals surface area contributed by atoms with Crippen LogP contribution in [0.25, 0.3) is 0 Å². The van der Waals surface area contributed by atoms with Crippen molar-refractivity contribution in [1.82, 2.24) is 0 Å². The van der Waals surface area contributed by atoms with Crippen LogP contribution in [0, 0.1) is 19.6 Å². The van der Waals surface area contributed by atoms with E-state index < -0.39 is 13.6 Å². The van der Waals surface area contributed by atoms with Crippen molar-refractivity contribution in [2.45, 2.75) is 57.6 Å². The van der Waals surface area contributed by atoms with Crippen molar-refractivity contribution in [2.75, 3.05) is 0 Å². The van der Waals surface area contributed by atoms with E-state index in [1.807, 2.05) is 60.7 Å². The minimum atomic E-state index is -1.30. The van der Waals surface area contributed by atoms with Crippen molar-refractivity contribution in [3.63, 3.8) is 0 Å². The largest absolute Gasteiger partial charge is 3.00 e. The van der Waals surface area contributed by atoms with E-state index in [0.29, 0.717) is 0 Å². The Morgan fingerprint density at radius 3 is 1.07 bits per heavy atom. The number of aliphatic hydroxyl groups is 1. The van der Waals surface area contributed by atoms with Gasteiger partial charge in [-0.05, 0) is 10.3 Å². The van der Waals surface area contributed by atoms with Gasteiger partial charge in [0.25, 0.3) is 0 Å². The fourth-order valence-electron chi connectivity index (χ4n) is 2.65. The quantitative estimate of drug-likeness (QED) is 0.241. The molecular weight excluding hydrogens is 434 g/mol. The third-order valence-corrected chi connectivity index (χ3v) is 6.47. The molecule has 1 fully saturated rings. The Morgan fingerprint density at radius 1 is 0.704 bits per heavy atom. The van der Waals surface area contributed by atoms with Gasteiger partial charge in [-0.1, -0.05) is 41.5 Å². The Morgan fingerprint density at radius 2 is 1.00 bits per heavy atom. The molecule has 1 aliphatic rings. The Balaban J connectivity index is 0. The Bertz CT molecular complexity index is 470. The molecular formula is C22H32O3PZr. The molecule has 0 spiro atoms. The van der Waals surface area contributed by atoms with Gasteiger partial charge < -0.3 is 12.5 Å². The van der Waals surface area contributed by atoms with E-state index in [1.165, 1.54) is 0 Å². The Hall–Kier alpha value is -0.367. The van der Waals surface area contributed by atoms with Gasteiger partial charge in [-0.2, -0.15) is 82.6 Å². The number of rotatable bonds is 1. The van der Waals surface area contributed by atoms with E-state index in [4.69, 9.17) is 9.78 Å². The molecule has 0 amide bonds. The number of benzene rings is 2. The maximum atomic E-state index is 9.84. The van der Waals surface area contributed by atoms with Gasteiger partial charge in [-0.15, -0.1) is 0 Å². The van der Waals surface area contributed by atoms with Crippen LogP contribution in [0.15, 0.2) is 60.7 Å². The summed E-state index contributed by atoms with van der Waals surface area (Å²) in [6.45, 7) is 12.6. The maximum absolute atomic E-state index is 9.84. The molecule has 0 atom stereocenters. The molecule has 1 saturated heterocycles. The van der Waals surface area contributed by atoms with Crippen molar-refractivity contribution in [3.8, 4) is 0 Å². The fraction of sp³-hybridized carbons (Fsp3) is 0.409. The van der Waals surface area contributed by atoms with E-state index in [9.17, 15) is 5.11 Å². The van der Waals surface area contributed by atoms with Gasteiger partial charge in [0.1, 0.15) is 0 Å². The normalized spacial score (nSPS) is 14.2. The van der Waals surface area contributed by atoms with Gasteiger partial charge in [0.15, 0.2) is 0 Å². The minimum Gasteiger partial charge on any atom is -0.358 e. The predicted octanol–water partition coefficient (Wildman–Crippen LogP) is 6.05. The SMILES string of the molecule is CC(C)(C)P(C(C)(C)C)C1(O)OO1.[CH3-].[Zr+3].[c-]1ccccc1.[c-]1ccccc1. The molecule has 0 aliphatic carbocycles. The van der Waals surface area contributed by atoms with Crippen molar-refractivity contribution in [2.24, 2.45) is 0 Å². The summed E-state index contributed by atoms with van der Waals surface area (Å²) in [5, 5.41) is 9.87. The Labute approximate surface area is 186 Å². The smallest absolute Gasteiger partial charge is 0.358 e. The van der Waals surface area contributed by atoms with Crippen molar-refractivity contribution >= 4 is 7.92 Å². The standard InChI is InChI=1S/C9H19O3P.2C6H5.CH3.Zr/c1-7(2,3)13(8(4,5)6)9(10)11-12-9;2*1-2-4-6-5-3-1;;/h10H,1-6H3;2*1-5H;1H3;/q;3*-1;+3. The average molecular weight is 467 g/mol. The molecule has 1 heterocycles. The van der Waals surface area contributed by atoms with E-state index in [-0.39, 0.29) is 43.9 Å². The summed E-state index contributed by atoms with van der Waals surface area (Å²) in [7, 11) is -0.762. The second-order valence-corrected chi connectivity index (χ2v) is 11.5. The molecule has 3 nitrogen and oxygen atoms in total. The monoisotopic (exact) mass is 465 g/mol. The van der Waals surface area contributed by atoms with Crippen LogP contribution >= 0.6 is 7.92 Å². The van der Waals surface area contributed by atoms with Crippen LogP contribution in [0.4, 0.5) is 0 Å². The topological polar surface area (TPSA) is 45.3 Å². The van der Waals surface area contributed by atoms with Gasteiger partial charge in [-0.3, -0.25) is 0 Å². The molecule has 0 bridgehead atoms. The zero-order chi connectivity index (χ0) is 19.0. The first-order chi connectivity index (χ1) is 11.6. The number of hydrogen-bond donors (Lipinski definition) is 1. The van der Waals surface area contributed by atoms with E-state index in [0.717, 1.165) is 0 Å². The summed E-state index contributed by atoms with van der Waals surface area (Å²) >= 11 is 0. The molecule has 0 saturated carbocycles. The van der Waals surface area contributed by atoms with Crippen molar-refractivity contribution in [1.29, 1.82) is 0 Å². The van der Waals surface area contributed by atoms with E-state index in [2.05, 4.69) is 53.7 Å². The third kappa shape index (κ3) is 11.9. The van der Waals surface area contributed by atoms with Crippen LogP contribution in [0.5, 0.6) is 0 Å². The van der Waals surface area contributed by atoms with Crippen molar-refractivity contribution in [3.05, 3.63) is 80.2 Å². The van der Waals surface area contributed by atoms with Crippen LogP contribution in [-0.4, -0.2) is 21.1 Å². The summed E-state index contributed by atoms with van der Waals surface area (Å²) in [5.74, 6) is 0. The first-order valence-electron chi connectivity index (χ1n) is 8.29. The summed E-state index contributed by atoms with van der Waals surface area (Å²) in [4.78, 5) is 9.39. The Kier molecular flexibility index (Phi) is 13.9. The van der Waals surface area contributed by atoms with Gasteiger partial charge in [0.05, 0.1) is 0 Å². The molecule has 27 heavy (non-hydrogen) atoms. The van der Waals surface area contributed by atoms with Gasteiger partial charge in [0.2, 0.25) is 0 Å². The van der Waals surface area contributed by atoms with Gasteiger partial charge in [0, 0.05) is 7.92 Å². The molecule has 0 unspecified atom stereocenters. The average Bonchev–Trinajstić information content (AvgIpc) is 3.26. The van der Waals surface area contributed by atoms with E-state index >= 15 is 0 Å². The molecule has 2 aromatic rings. The zero-order valence-electron chi connectivity index (χ0n) is 17.5. The van der Waals surface area contributed by atoms with Gasteiger partial charge in [-0.25, -0.2) is 0 Å². The van der Waals surface area contributed by atoms with Crippen LogP contribution in [0.1, 0.15) is 41.5 Å². The van der Waals surface area contributed by atoms with Crippen LogP contribution in [0.3, 0.4) is 0 Å². The van der Waals surface area contributed by atoms with E-state index in [1.54, 1.807) is 0 Å². The molecule has 1 N–H and O–H groups in total. The summed E-state index contributed by atoms with van der Waals surface area (Å²) < 4.78 is 0. The first kappa shape index (κ1) is 28.8. The van der Waals surface area contributed by atoms with Gasteiger partial charge >= 0.3 is 31.9 Å². The summed E-state index contributed by atoms with van der Waals surface area (Å²) in [6.07, 6.45) is 0. The molecule has 0 aromatic heterocycles. The second kappa shape index (κ2) is 13.0.